The maximum absolute atomic E-state index is 12.1. The highest BCUT2D eigenvalue weighted by atomic mass is 79.9. The van der Waals surface area contributed by atoms with Gasteiger partial charge in [0.15, 0.2) is 0 Å². The van der Waals surface area contributed by atoms with Crippen LogP contribution in [-0.2, 0) is 0 Å². The van der Waals surface area contributed by atoms with E-state index in [-0.39, 0.29) is 11.3 Å². The van der Waals surface area contributed by atoms with Crippen LogP contribution >= 0.6 is 31.9 Å². The van der Waals surface area contributed by atoms with Gasteiger partial charge in [0.05, 0.1) is 5.56 Å². The molecule has 0 saturated heterocycles. The van der Waals surface area contributed by atoms with E-state index in [1.165, 1.54) is 0 Å². The molecule has 0 aliphatic heterocycles. The highest BCUT2D eigenvalue weighted by Crippen LogP contribution is 2.25. The Balaban J connectivity index is 2.66. The second-order valence-electron chi connectivity index (χ2n) is 5.60. The molecule has 0 aliphatic rings. The van der Waals surface area contributed by atoms with Crippen molar-refractivity contribution in [1.82, 2.24) is 5.32 Å². The Morgan fingerprint density at radius 2 is 1.94 bits per heavy atom. The number of carbonyl (C=O) groups excluding carboxylic acids is 1. The van der Waals surface area contributed by atoms with Gasteiger partial charge in [-0.2, -0.15) is 0 Å². The summed E-state index contributed by atoms with van der Waals surface area (Å²) in [5, 5.41) is 2.98. The van der Waals surface area contributed by atoms with Crippen LogP contribution in [0.5, 0.6) is 0 Å². The first kappa shape index (κ1) is 15.7. The van der Waals surface area contributed by atoms with Gasteiger partial charge in [-0.3, -0.25) is 4.79 Å². The summed E-state index contributed by atoms with van der Waals surface area (Å²) in [5.41, 5.74) is 0.865. The zero-order chi connectivity index (χ0) is 13.9. The number of hydrogen-bond acceptors (Lipinski definition) is 1. The van der Waals surface area contributed by atoms with Crippen LogP contribution in [-0.4, -0.2) is 12.5 Å². The average Bonchev–Trinajstić information content (AvgIpc) is 2.24. The molecule has 0 spiro atoms. The van der Waals surface area contributed by atoms with Gasteiger partial charge in [-0.15, -0.1) is 0 Å². The normalized spacial score (nSPS) is 13.2. The van der Waals surface area contributed by atoms with Crippen molar-refractivity contribution >= 4 is 37.8 Å². The zero-order valence-corrected chi connectivity index (χ0v) is 14.4. The second kappa shape index (κ2) is 6.20. The topological polar surface area (TPSA) is 29.1 Å². The molecule has 1 unspecified atom stereocenters. The summed E-state index contributed by atoms with van der Waals surface area (Å²) < 4.78 is 1.76. The van der Waals surface area contributed by atoms with Crippen LogP contribution in [0, 0.1) is 11.3 Å². The molecule has 0 bridgehead atoms. The molecular formula is C14H19Br2NO. The van der Waals surface area contributed by atoms with Gasteiger partial charge in [-0.1, -0.05) is 43.6 Å². The lowest BCUT2D eigenvalue weighted by Crippen LogP contribution is -2.33. The summed E-state index contributed by atoms with van der Waals surface area (Å²) in [6.07, 6.45) is 0. The first-order chi connectivity index (χ1) is 8.21. The third-order valence-electron chi connectivity index (χ3n) is 3.22. The third-order valence-corrected chi connectivity index (χ3v) is 4.37. The van der Waals surface area contributed by atoms with E-state index in [4.69, 9.17) is 0 Å². The van der Waals surface area contributed by atoms with Gasteiger partial charge in [0.2, 0.25) is 0 Å². The van der Waals surface area contributed by atoms with Crippen molar-refractivity contribution in [1.29, 1.82) is 0 Å². The number of nitrogens with one attached hydrogen (secondary N) is 1. The number of hydrogen-bond donors (Lipinski definition) is 1. The molecule has 0 radical (unpaired) electrons. The van der Waals surface area contributed by atoms with Gasteiger partial charge in [0.25, 0.3) is 5.91 Å². The van der Waals surface area contributed by atoms with E-state index in [0.29, 0.717) is 18.0 Å². The van der Waals surface area contributed by atoms with E-state index in [2.05, 4.69) is 64.9 Å². The Labute approximate surface area is 126 Å². The van der Waals surface area contributed by atoms with Crippen LogP contribution in [0.2, 0.25) is 0 Å². The summed E-state index contributed by atoms with van der Waals surface area (Å²) in [6, 6.07) is 5.56. The van der Waals surface area contributed by atoms with Crippen molar-refractivity contribution in [3.63, 3.8) is 0 Å². The molecule has 1 rings (SSSR count). The molecule has 0 aromatic heterocycles. The first-order valence-corrected chi connectivity index (χ1v) is 7.53. The molecule has 1 atom stereocenters. The molecule has 1 aromatic rings. The standard InChI is InChI=1S/C14H19Br2NO/c1-9(14(2,3)4)8-17-13(18)11-6-5-10(15)7-12(11)16/h5-7,9H,8H2,1-4H3,(H,17,18). The van der Waals surface area contributed by atoms with E-state index in [1.54, 1.807) is 0 Å². The van der Waals surface area contributed by atoms with Crippen LogP contribution in [0.25, 0.3) is 0 Å². The maximum Gasteiger partial charge on any atom is 0.252 e. The quantitative estimate of drug-likeness (QED) is 0.818. The fourth-order valence-corrected chi connectivity index (χ4v) is 2.55. The molecule has 1 N–H and O–H groups in total. The number of amides is 1. The fraction of sp³-hybridized carbons (Fsp3) is 0.500. The molecule has 18 heavy (non-hydrogen) atoms. The highest BCUT2D eigenvalue weighted by molar-refractivity contribution is 9.11. The molecule has 0 fully saturated rings. The molecule has 0 aliphatic carbocycles. The van der Waals surface area contributed by atoms with Crippen LogP contribution in [0.4, 0.5) is 0 Å². The van der Waals surface area contributed by atoms with Crippen molar-refractivity contribution in [2.24, 2.45) is 11.3 Å². The zero-order valence-electron chi connectivity index (χ0n) is 11.2. The van der Waals surface area contributed by atoms with Gasteiger partial charge in [-0.25, -0.2) is 0 Å². The summed E-state index contributed by atoms with van der Waals surface area (Å²) >= 11 is 6.78. The van der Waals surface area contributed by atoms with Crippen LogP contribution in [0.3, 0.4) is 0 Å². The lowest BCUT2D eigenvalue weighted by molar-refractivity contribution is 0.0936. The summed E-state index contributed by atoms with van der Waals surface area (Å²) in [6.45, 7) is 9.37. The summed E-state index contributed by atoms with van der Waals surface area (Å²) in [7, 11) is 0. The van der Waals surface area contributed by atoms with E-state index in [9.17, 15) is 4.79 Å². The third kappa shape index (κ3) is 4.39. The Hall–Kier alpha value is -0.350. The van der Waals surface area contributed by atoms with Crippen molar-refractivity contribution in [2.75, 3.05) is 6.54 Å². The molecule has 4 heteroatoms. The molecule has 2 nitrogen and oxygen atoms in total. The van der Waals surface area contributed by atoms with Gasteiger partial charge < -0.3 is 5.32 Å². The number of rotatable bonds is 3. The SMILES string of the molecule is CC(CNC(=O)c1ccc(Br)cc1Br)C(C)(C)C. The van der Waals surface area contributed by atoms with Gasteiger partial charge in [-0.05, 0) is 45.5 Å². The first-order valence-electron chi connectivity index (χ1n) is 5.95. The van der Waals surface area contributed by atoms with E-state index >= 15 is 0 Å². The fourth-order valence-electron chi connectivity index (χ4n) is 1.32. The molecular weight excluding hydrogens is 358 g/mol. The summed E-state index contributed by atoms with van der Waals surface area (Å²) in [4.78, 5) is 12.1. The van der Waals surface area contributed by atoms with E-state index in [0.717, 1.165) is 8.95 Å². The van der Waals surface area contributed by atoms with Crippen LogP contribution < -0.4 is 5.32 Å². The van der Waals surface area contributed by atoms with Gasteiger partial charge in [0, 0.05) is 15.5 Å². The number of benzene rings is 1. The lowest BCUT2D eigenvalue weighted by atomic mass is 9.82. The molecule has 100 valence electrons. The predicted molar refractivity (Wildman–Crippen MR) is 82.8 cm³/mol. The highest BCUT2D eigenvalue weighted by Gasteiger charge is 2.21. The minimum Gasteiger partial charge on any atom is -0.352 e. The number of halogens is 2. The molecule has 0 saturated carbocycles. The Morgan fingerprint density at radius 3 is 2.44 bits per heavy atom. The van der Waals surface area contributed by atoms with E-state index < -0.39 is 0 Å². The van der Waals surface area contributed by atoms with Gasteiger partial charge in [0.1, 0.15) is 0 Å². The van der Waals surface area contributed by atoms with E-state index in [1.807, 2.05) is 18.2 Å². The Morgan fingerprint density at radius 1 is 1.33 bits per heavy atom. The molecule has 1 aromatic carbocycles. The van der Waals surface area contributed by atoms with Crippen molar-refractivity contribution in [3.8, 4) is 0 Å². The predicted octanol–water partition coefficient (Wildman–Crippen LogP) is 4.62. The monoisotopic (exact) mass is 375 g/mol. The smallest absolute Gasteiger partial charge is 0.252 e. The average molecular weight is 377 g/mol. The van der Waals surface area contributed by atoms with Gasteiger partial charge >= 0.3 is 0 Å². The van der Waals surface area contributed by atoms with Crippen molar-refractivity contribution in [2.45, 2.75) is 27.7 Å². The van der Waals surface area contributed by atoms with Crippen molar-refractivity contribution in [3.05, 3.63) is 32.7 Å². The largest absolute Gasteiger partial charge is 0.352 e. The van der Waals surface area contributed by atoms with Crippen LogP contribution in [0.15, 0.2) is 27.1 Å². The van der Waals surface area contributed by atoms with Crippen molar-refractivity contribution < 1.29 is 4.79 Å². The minimum atomic E-state index is -0.0366. The molecule has 0 heterocycles. The molecule has 1 amide bonds. The lowest BCUT2D eigenvalue weighted by Gasteiger charge is -2.27. The summed E-state index contributed by atoms with van der Waals surface area (Å²) in [5.74, 6) is 0.390. The Kier molecular flexibility index (Phi) is 5.41. The minimum absolute atomic E-state index is 0.0366. The van der Waals surface area contributed by atoms with Crippen LogP contribution in [0.1, 0.15) is 38.1 Å². The number of carbonyl (C=O) groups is 1. The second-order valence-corrected chi connectivity index (χ2v) is 7.37. The maximum atomic E-state index is 12.1. The Bertz CT molecular complexity index is 438.